The third-order valence-electron chi connectivity index (χ3n) is 6.11. The largest absolute Gasteiger partial charge is 0.348 e. The van der Waals surface area contributed by atoms with Gasteiger partial charge in [-0.2, -0.15) is 5.10 Å². The number of H-pyrrole nitrogens is 1. The first-order valence-electron chi connectivity index (χ1n) is 10.1. The average Bonchev–Trinajstić information content (AvgIpc) is 3.35. The minimum absolute atomic E-state index is 0.251. The van der Waals surface area contributed by atoms with Crippen LogP contribution in [0.5, 0.6) is 0 Å². The summed E-state index contributed by atoms with van der Waals surface area (Å²) in [6, 6.07) is 0. The lowest BCUT2D eigenvalue weighted by Crippen LogP contribution is -2.54. The first-order valence-corrected chi connectivity index (χ1v) is 10.1. The molecule has 2 aromatic rings. The van der Waals surface area contributed by atoms with Crippen molar-refractivity contribution in [3.05, 3.63) is 36.2 Å². The molecule has 1 amide bonds. The number of imidazole rings is 1. The summed E-state index contributed by atoms with van der Waals surface area (Å²) in [7, 11) is 0. The predicted octanol–water partition coefficient (Wildman–Crippen LogP) is 2.07. The van der Waals surface area contributed by atoms with Crippen LogP contribution in [0.15, 0.2) is 24.9 Å². The van der Waals surface area contributed by atoms with E-state index in [1.54, 1.807) is 6.33 Å². The molecule has 0 saturated carbocycles. The van der Waals surface area contributed by atoms with Gasteiger partial charge in [-0.25, -0.2) is 4.98 Å². The van der Waals surface area contributed by atoms with E-state index < -0.39 is 0 Å². The molecular weight excluding hydrogens is 340 g/mol. The maximum absolute atomic E-state index is 12.5. The van der Waals surface area contributed by atoms with Crippen molar-refractivity contribution in [2.45, 2.75) is 52.1 Å². The van der Waals surface area contributed by atoms with E-state index in [0.717, 1.165) is 57.8 Å². The van der Waals surface area contributed by atoms with Gasteiger partial charge < -0.3 is 9.88 Å². The van der Waals surface area contributed by atoms with E-state index in [1.165, 1.54) is 18.4 Å². The zero-order valence-electron chi connectivity index (χ0n) is 16.2. The molecule has 27 heavy (non-hydrogen) atoms. The molecule has 2 aromatic heterocycles. The molecule has 0 bridgehead atoms. The first-order chi connectivity index (χ1) is 13.2. The molecule has 0 aliphatic carbocycles. The molecular formula is C20H30N6O. The number of aromatic nitrogens is 4. The van der Waals surface area contributed by atoms with Crippen LogP contribution in [0.25, 0.3) is 0 Å². The Labute approximate surface area is 160 Å². The van der Waals surface area contributed by atoms with Crippen molar-refractivity contribution in [2.75, 3.05) is 26.2 Å². The summed E-state index contributed by atoms with van der Waals surface area (Å²) in [5.41, 5.74) is 2.64. The Morgan fingerprint density at radius 3 is 2.96 bits per heavy atom. The van der Waals surface area contributed by atoms with Crippen LogP contribution in [0, 0.1) is 5.41 Å². The quantitative estimate of drug-likeness (QED) is 0.845. The lowest BCUT2D eigenvalue weighted by Gasteiger charge is -2.48. The van der Waals surface area contributed by atoms with Crippen molar-refractivity contribution < 1.29 is 4.79 Å². The highest BCUT2D eigenvalue weighted by Crippen LogP contribution is 2.39. The minimum Gasteiger partial charge on any atom is -0.348 e. The Morgan fingerprint density at radius 2 is 2.19 bits per heavy atom. The van der Waals surface area contributed by atoms with Crippen LogP contribution < -0.4 is 0 Å². The number of nitrogens with zero attached hydrogens (tertiary/aromatic N) is 5. The third kappa shape index (κ3) is 4.24. The molecule has 2 aliphatic heterocycles. The molecule has 1 atom stereocenters. The number of carbonyl (C=O) groups excluding carboxylic acids is 1. The molecule has 2 saturated heterocycles. The average molecular weight is 371 g/mol. The van der Waals surface area contributed by atoms with Gasteiger partial charge in [-0.05, 0) is 32.7 Å². The molecule has 7 nitrogen and oxygen atoms in total. The number of piperidine rings is 2. The number of hydrogen-bond donors (Lipinski definition) is 1. The number of rotatable bonds is 6. The van der Waals surface area contributed by atoms with Crippen LogP contribution in [0.2, 0.25) is 0 Å². The lowest BCUT2D eigenvalue weighted by atomic mass is 9.73. The van der Waals surface area contributed by atoms with E-state index in [2.05, 4.69) is 38.0 Å². The van der Waals surface area contributed by atoms with Crippen molar-refractivity contribution in [3.8, 4) is 0 Å². The molecule has 2 fully saturated rings. The molecule has 1 spiro atoms. The number of aryl methyl sites for hydroxylation is 1. The van der Waals surface area contributed by atoms with Gasteiger partial charge in [-0.1, -0.05) is 0 Å². The van der Waals surface area contributed by atoms with Crippen molar-refractivity contribution in [2.24, 2.45) is 5.41 Å². The Bertz CT molecular complexity index is 754. The Hall–Kier alpha value is -2.15. The van der Waals surface area contributed by atoms with Crippen LogP contribution >= 0.6 is 0 Å². The third-order valence-corrected chi connectivity index (χ3v) is 6.11. The summed E-state index contributed by atoms with van der Waals surface area (Å²) in [6.45, 7) is 7.89. The Morgan fingerprint density at radius 1 is 1.26 bits per heavy atom. The van der Waals surface area contributed by atoms with Gasteiger partial charge in [0.05, 0.1) is 12.5 Å². The molecule has 146 valence electrons. The smallest absolute Gasteiger partial charge is 0.222 e. The van der Waals surface area contributed by atoms with Gasteiger partial charge in [-0.3, -0.25) is 14.4 Å². The number of carbonyl (C=O) groups is 1. The number of amides is 1. The van der Waals surface area contributed by atoms with Gasteiger partial charge in [0.25, 0.3) is 0 Å². The highest BCUT2D eigenvalue weighted by Gasteiger charge is 2.41. The monoisotopic (exact) mass is 370 g/mol. The molecule has 7 heteroatoms. The zero-order valence-corrected chi connectivity index (χ0v) is 16.2. The normalized spacial score (nSPS) is 24.0. The first kappa shape index (κ1) is 18.2. The van der Waals surface area contributed by atoms with Crippen LogP contribution in [0.1, 0.15) is 43.9 Å². The highest BCUT2D eigenvalue weighted by atomic mass is 16.2. The molecule has 0 radical (unpaired) electrons. The van der Waals surface area contributed by atoms with Crippen LogP contribution in [-0.4, -0.2) is 61.6 Å². The minimum atomic E-state index is 0.251. The summed E-state index contributed by atoms with van der Waals surface area (Å²) in [5, 5.41) is 4.40. The zero-order chi connectivity index (χ0) is 18.7. The summed E-state index contributed by atoms with van der Waals surface area (Å²) in [6.07, 6.45) is 12.7. The molecule has 1 unspecified atom stereocenters. The number of hydrogen-bond acceptors (Lipinski definition) is 4. The van der Waals surface area contributed by atoms with E-state index in [-0.39, 0.29) is 5.41 Å². The second-order valence-corrected chi connectivity index (χ2v) is 8.16. The van der Waals surface area contributed by atoms with Crippen molar-refractivity contribution in [1.82, 2.24) is 29.5 Å². The maximum Gasteiger partial charge on any atom is 0.222 e. The van der Waals surface area contributed by atoms with Gasteiger partial charge in [0, 0.05) is 74.6 Å². The Balaban J connectivity index is 1.38. The summed E-state index contributed by atoms with van der Waals surface area (Å²) in [4.78, 5) is 24.3. The van der Waals surface area contributed by atoms with Gasteiger partial charge in [0.1, 0.15) is 0 Å². The van der Waals surface area contributed by atoms with Crippen molar-refractivity contribution in [3.63, 3.8) is 0 Å². The van der Waals surface area contributed by atoms with Crippen molar-refractivity contribution >= 4 is 5.91 Å². The summed E-state index contributed by atoms with van der Waals surface area (Å²) in [5.74, 6) is 0.307. The number of aromatic amines is 1. The summed E-state index contributed by atoms with van der Waals surface area (Å²) >= 11 is 0. The fourth-order valence-electron chi connectivity index (χ4n) is 4.68. The second kappa shape index (κ2) is 7.84. The predicted molar refractivity (Wildman–Crippen MR) is 103 cm³/mol. The van der Waals surface area contributed by atoms with E-state index in [1.807, 2.05) is 17.1 Å². The van der Waals surface area contributed by atoms with Gasteiger partial charge in [-0.15, -0.1) is 0 Å². The fourth-order valence-corrected chi connectivity index (χ4v) is 4.68. The fraction of sp³-hybridized carbons (Fsp3) is 0.650. The van der Waals surface area contributed by atoms with Crippen LogP contribution in [0.3, 0.4) is 0 Å². The van der Waals surface area contributed by atoms with E-state index in [9.17, 15) is 4.79 Å². The topological polar surface area (TPSA) is 70.1 Å². The van der Waals surface area contributed by atoms with Gasteiger partial charge in [0.2, 0.25) is 5.91 Å². The molecule has 4 rings (SSSR count). The molecule has 2 aliphatic rings. The van der Waals surface area contributed by atoms with Gasteiger partial charge in [0.15, 0.2) is 0 Å². The number of nitrogens with one attached hydrogen (secondary N) is 1. The van der Waals surface area contributed by atoms with E-state index in [0.29, 0.717) is 12.3 Å². The maximum atomic E-state index is 12.5. The molecule has 0 aromatic carbocycles. The summed E-state index contributed by atoms with van der Waals surface area (Å²) < 4.78 is 1.99. The molecule has 1 N–H and O–H groups in total. The SMILES string of the molecule is CCn1cc(CN2CCCC3(CCC(=O)N(CCc4cnc[nH]4)C3)C2)cn1. The number of likely N-dealkylation sites (tertiary alicyclic amines) is 2. The van der Waals surface area contributed by atoms with E-state index in [4.69, 9.17) is 0 Å². The van der Waals surface area contributed by atoms with Crippen LogP contribution in [0.4, 0.5) is 0 Å². The highest BCUT2D eigenvalue weighted by molar-refractivity contribution is 5.77. The lowest BCUT2D eigenvalue weighted by molar-refractivity contribution is -0.139. The Kier molecular flexibility index (Phi) is 5.29. The standard InChI is InChI=1S/C20H30N6O/c1-2-26-13-17(10-23-26)12-24-8-3-6-20(14-24)7-4-19(27)25(15-20)9-5-18-11-21-16-22-18/h10-11,13,16H,2-9,12,14-15H2,1H3,(H,21,22). The van der Waals surface area contributed by atoms with Crippen LogP contribution in [-0.2, 0) is 24.3 Å². The molecule has 4 heterocycles. The van der Waals surface area contributed by atoms with Crippen molar-refractivity contribution in [1.29, 1.82) is 0 Å². The van der Waals surface area contributed by atoms with E-state index >= 15 is 0 Å². The van der Waals surface area contributed by atoms with Gasteiger partial charge >= 0.3 is 0 Å². The second-order valence-electron chi connectivity index (χ2n) is 8.16.